The third kappa shape index (κ3) is 5.94. The Morgan fingerprint density at radius 3 is 2.54 bits per heavy atom. The van der Waals surface area contributed by atoms with Crippen LogP contribution in [-0.4, -0.2) is 23.5 Å². The van der Waals surface area contributed by atoms with E-state index in [2.05, 4.69) is 57.3 Å². The van der Waals surface area contributed by atoms with Gasteiger partial charge in [0.15, 0.2) is 0 Å². The van der Waals surface area contributed by atoms with Crippen LogP contribution in [0.4, 0.5) is 5.00 Å². The molecule has 5 nitrogen and oxygen atoms in total. The predicted octanol–water partition coefficient (Wildman–Crippen LogP) is 8.89. The summed E-state index contributed by atoms with van der Waals surface area (Å²) >= 11 is 1.53. The molecule has 1 amide bonds. The first-order chi connectivity index (χ1) is 19.7. The summed E-state index contributed by atoms with van der Waals surface area (Å²) in [5.74, 6) is -0.0735. The molecule has 1 atom stereocenters. The Morgan fingerprint density at radius 1 is 1.07 bits per heavy atom. The molecule has 41 heavy (non-hydrogen) atoms. The molecular formula is C35H40N2O3S. The zero-order valence-electron chi connectivity index (χ0n) is 24.8. The molecule has 4 aromatic rings. The molecule has 0 unspecified atom stereocenters. The summed E-state index contributed by atoms with van der Waals surface area (Å²) < 4.78 is 5.48. The Bertz CT molecular complexity index is 1570. The predicted molar refractivity (Wildman–Crippen MR) is 169 cm³/mol. The van der Waals surface area contributed by atoms with Crippen LogP contribution in [0.5, 0.6) is 0 Å². The number of pyridine rings is 1. The number of carbonyl (C=O) groups excluding carboxylic acids is 2. The topological polar surface area (TPSA) is 68.3 Å². The summed E-state index contributed by atoms with van der Waals surface area (Å²) in [5, 5.41) is 4.50. The van der Waals surface area contributed by atoms with Crippen molar-refractivity contribution in [3.8, 4) is 11.3 Å². The van der Waals surface area contributed by atoms with E-state index in [1.54, 1.807) is 0 Å². The van der Waals surface area contributed by atoms with Gasteiger partial charge in [0.05, 0.1) is 28.9 Å². The molecule has 0 aliphatic heterocycles. The number of rotatable bonds is 9. The second-order valence-electron chi connectivity index (χ2n) is 11.7. The molecule has 6 heteroatoms. The average molecular weight is 569 g/mol. The molecule has 0 saturated heterocycles. The number of aryl methyl sites for hydroxylation is 1. The molecule has 1 aliphatic rings. The highest BCUT2D eigenvalue weighted by molar-refractivity contribution is 7.17. The second-order valence-corrected chi connectivity index (χ2v) is 12.8. The number of carbonyl (C=O) groups is 2. The fraction of sp³-hybridized carbons (Fsp3) is 0.400. The van der Waals surface area contributed by atoms with Gasteiger partial charge in [0.25, 0.3) is 5.91 Å². The van der Waals surface area contributed by atoms with Crippen LogP contribution in [-0.2, 0) is 24.0 Å². The third-order valence-electron chi connectivity index (χ3n) is 8.74. The third-order valence-corrected chi connectivity index (χ3v) is 9.91. The first-order valence-corrected chi connectivity index (χ1v) is 15.7. The maximum atomic E-state index is 14.0. The van der Waals surface area contributed by atoms with Crippen LogP contribution in [0.1, 0.15) is 90.6 Å². The van der Waals surface area contributed by atoms with Crippen molar-refractivity contribution in [1.29, 1.82) is 0 Å². The first kappa shape index (κ1) is 29.0. The van der Waals surface area contributed by atoms with Gasteiger partial charge in [-0.15, -0.1) is 11.3 Å². The second kappa shape index (κ2) is 12.2. The number of thiophene rings is 1. The van der Waals surface area contributed by atoms with E-state index in [9.17, 15) is 9.59 Å². The molecule has 0 bridgehead atoms. The van der Waals surface area contributed by atoms with Crippen LogP contribution in [0.25, 0.3) is 22.2 Å². The van der Waals surface area contributed by atoms with E-state index in [1.165, 1.54) is 21.8 Å². The van der Waals surface area contributed by atoms with Gasteiger partial charge in [-0.05, 0) is 67.2 Å². The van der Waals surface area contributed by atoms with Gasteiger partial charge in [0.1, 0.15) is 5.00 Å². The number of amides is 1. The van der Waals surface area contributed by atoms with Gasteiger partial charge in [-0.2, -0.15) is 0 Å². The van der Waals surface area contributed by atoms with Crippen LogP contribution in [0.15, 0.2) is 54.6 Å². The Hall–Kier alpha value is -3.51. The van der Waals surface area contributed by atoms with Gasteiger partial charge < -0.3 is 10.1 Å². The molecule has 214 valence electrons. The number of para-hydroxylation sites is 1. The van der Waals surface area contributed by atoms with Crippen molar-refractivity contribution in [3.63, 3.8) is 0 Å². The lowest BCUT2D eigenvalue weighted by molar-refractivity contribution is 0.0526. The number of hydrogen-bond acceptors (Lipinski definition) is 5. The zero-order chi connectivity index (χ0) is 29.1. The molecule has 0 fully saturated rings. The summed E-state index contributed by atoms with van der Waals surface area (Å²) in [6, 6.07) is 18.0. The summed E-state index contributed by atoms with van der Waals surface area (Å²) in [6.07, 6.45) is 5.99. The van der Waals surface area contributed by atoms with Crippen molar-refractivity contribution >= 4 is 39.1 Å². The van der Waals surface area contributed by atoms with E-state index in [0.29, 0.717) is 22.0 Å². The minimum atomic E-state index is -0.360. The molecule has 2 aromatic carbocycles. The van der Waals surface area contributed by atoms with Crippen LogP contribution in [0.2, 0.25) is 0 Å². The lowest BCUT2D eigenvalue weighted by Gasteiger charge is -2.36. The molecule has 2 aromatic heterocycles. The smallest absolute Gasteiger partial charge is 0.341 e. The lowest BCUT2D eigenvalue weighted by Crippen LogP contribution is -2.28. The molecule has 5 rings (SSSR count). The van der Waals surface area contributed by atoms with Crippen molar-refractivity contribution in [2.24, 2.45) is 11.3 Å². The quantitative estimate of drug-likeness (QED) is 0.205. The van der Waals surface area contributed by atoms with E-state index < -0.39 is 0 Å². The first-order valence-electron chi connectivity index (χ1n) is 14.9. The fourth-order valence-corrected chi connectivity index (χ4v) is 7.17. The lowest BCUT2D eigenvalue weighted by atomic mass is 9.69. The van der Waals surface area contributed by atoms with E-state index in [0.717, 1.165) is 66.2 Å². The van der Waals surface area contributed by atoms with Crippen molar-refractivity contribution in [1.82, 2.24) is 4.98 Å². The summed E-state index contributed by atoms with van der Waals surface area (Å²) in [5.41, 5.74) is 6.08. The molecule has 2 heterocycles. The normalized spacial score (nSPS) is 15.0. The number of ether oxygens (including phenoxy) is 1. The Balaban J connectivity index is 1.53. The highest BCUT2D eigenvalue weighted by atomic mass is 32.1. The highest BCUT2D eigenvalue weighted by Crippen LogP contribution is 2.46. The van der Waals surface area contributed by atoms with Gasteiger partial charge in [0, 0.05) is 15.8 Å². The average Bonchev–Trinajstić information content (AvgIpc) is 3.34. The number of nitrogens with zero attached hydrogens (tertiary/aromatic N) is 1. The maximum Gasteiger partial charge on any atom is 0.341 e. The molecule has 1 aliphatic carbocycles. The molecule has 0 saturated carbocycles. The van der Waals surface area contributed by atoms with Crippen LogP contribution >= 0.6 is 11.3 Å². The number of benzene rings is 2. The van der Waals surface area contributed by atoms with E-state index >= 15 is 0 Å². The van der Waals surface area contributed by atoms with Crippen molar-refractivity contribution < 1.29 is 14.3 Å². The standard InChI is InChI=1S/C35H40N2O3S/c1-6-11-22-14-16-23(17-15-22)29-21-27(25-12-9-10-13-28(25)36-29)32(38)37-33-31(34(39)40-8-3)26-19-18-24(20-30(26)41-33)35(4,5)7-2/h9-10,12-17,21,24H,6-8,11,18-20H2,1-5H3,(H,37,38)/t24-/m0/s1. The van der Waals surface area contributed by atoms with Gasteiger partial charge >= 0.3 is 5.97 Å². The molecule has 0 spiro atoms. The number of nitrogens with one attached hydrogen (secondary N) is 1. The van der Waals surface area contributed by atoms with E-state index in [-0.39, 0.29) is 23.9 Å². The molecular weight excluding hydrogens is 528 g/mol. The van der Waals surface area contributed by atoms with E-state index in [4.69, 9.17) is 9.72 Å². The number of aromatic nitrogens is 1. The number of fused-ring (bicyclic) bond motifs is 2. The van der Waals surface area contributed by atoms with Crippen molar-refractivity contribution in [3.05, 3.63) is 81.7 Å². The number of anilines is 1. The molecule has 0 radical (unpaired) electrons. The Kier molecular flexibility index (Phi) is 8.60. The summed E-state index contributed by atoms with van der Waals surface area (Å²) in [6.45, 7) is 11.2. The SMILES string of the molecule is CCCc1ccc(-c2cc(C(=O)Nc3sc4c(c3C(=O)OCC)CC[C@H](C(C)(C)CC)C4)c3ccccc3n2)cc1. The Labute approximate surface area is 247 Å². The highest BCUT2D eigenvalue weighted by Gasteiger charge is 2.36. The number of esters is 1. The largest absolute Gasteiger partial charge is 0.462 e. The monoisotopic (exact) mass is 568 g/mol. The van der Waals surface area contributed by atoms with Crippen molar-refractivity contribution in [2.45, 2.75) is 73.1 Å². The number of hydrogen-bond donors (Lipinski definition) is 1. The van der Waals surface area contributed by atoms with Gasteiger partial charge in [0.2, 0.25) is 0 Å². The minimum Gasteiger partial charge on any atom is -0.462 e. The Morgan fingerprint density at radius 2 is 1.83 bits per heavy atom. The maximum absolute atomic E-state index is 14.0. The minimum absolute atomic E-state index is 0.219. The van der Waals surface area contributed by atoms with Crippen LogP contribution < -0.4 is 5.32 Å². The van der Waals surface area contributed by atoms with Crippen LogP contribution in [0, 0.1) is 11.3 Å². The van der Waals surface area contributed by atoms with Crippen molar-refractivity contribution in [2.75, 3.05) is 11.9 Å². The molecule has 1 N–H and O–H groups in total. The summed E-state index contributed by atoms with van der Waals surface area (Å²) in [7, 11) is 0. The van der Waals surface area contributed by atoms with E-state index in [1.807, 2.05) is 37.3 Å². The van der Waals surface area contributed by atoms with Gasteiger partial charge in [-0.1, -0.05) is 83.0 Å². The van der Waals surface area contributed by atoms with Gasteiger partial charge in [-0.3, -0.25) is 4.79 Å². The van der Waals surface area contributed by atoms with Crippen LogP contribution in [0.3, 0.4) is 0 Å². The fourth-order valence-electron chi connectivity index (χ4n) is 5.86. The zero-order valence-corrected chi connectivity index (χ0v) is 25.6. The van der Waals surface area contributed by atoms with Gasteiger partial charge in [-0.25, -0.2) is 9.78 Å². The summed E-state index contributed by atoms with van der Waals surface area (Å²) in [4.78, 5) is 33.3.